The zero-order chi connectivity index (χ0) is 14.8. The SMILES string of the molecule is CSc1ncccc1[C@@H]1CCCN1C(=O)OC(C)(C)C. The number of hydrogen-bond donors (Lipinski definition) is 0. The lowest BCUT2D eigenvalue weighted by Crippen LogP contribution is -2.36. The molecule has 0 unspecified atom stereocenters. The summed E-state index contributed by atoms with van der Waals surface area (Å²) >= 11 is 1.62. The molecule has 1 atom stereocenters. The van der Waals surface area contributed by atoms with Gasteiger partial charge in [0.15, 0.2) is 0 Å². The normalized spacial score (nSPS) is 19.2. The summed E-state index contributed by atoms with van der Waals surface area (Å²) in [7, 11) is 0. The summed E-state index contributed by atoms with van der Waals surface area (Å²) < 4.78 is 5.51. The Bertz CT molecular complexity index is 485. The second-order valence-corrected chi connectivity index (χ2v) is 6.73. The minimum Gasteiger partial charge on any atom is -0.444 e. The molecule has 110 valence electrons. The fourth-order valence-electron chi connectivity index (χ4n) is 2.46. The highest BCUT2D eigenvalue weighted by atomic mass is 32.2. The van der Waals surface area contributed by atoms with Gasteiger partial charge in [-0.1, -0.05) is 6.07 Å². The molecule has 5 heteroatoms. The highest BCUT2D eigenvalue weighted by Gasteiger charge is 2.34. The third kappa shape index (κ3) is 3.45. The summed E-state index contributed by atoms with van der Waals surface area (Å²) in [5.41, 5.74) is 0.671. The summed E-state index contributed by atoms with van der Waals surface area (Å²) in [6.45, 7) is 6.44. The second-order valence-electron chi connectivity index (χ2n) is 5.93. The van der Waals surface area contributed by atoms with Crippen molar-refractivity contribution in [3.8, 4) is 0 Å². The lowest BCUT2D eigenvalue weighted by Gasteiger charge is -2.29. The van der Waals surface area contributed by atoms with Crippen LogP contribution < -0.4 is 0 Å². The number of likely N-dealkylation sites (tertiary alicyclic amines) is 1. The number of nitrogens with zero attached hydrogens (tertiary/aromatic N) is 2. The summed E-state index contributed by atoms with van der Waals surface area (Å²) in [6, 6.07) is 4.08. The molecule has 0 N–H and O–H groups in total. The van der Waals surface area contributed by atoms with E-state index in [1.807, 2.05) is 38.0 Å². The Morgan fingerprint density at radius 1 is 1.50 bits per heavy atom. The van der Waals surface area contributed by atoms with E-state index < -0.39 is 5.60 Å². The largest absolute Gasteiger partial charge is 0.444 e. The van der Waals surface area contributed by atoms with Crippen molar-refractivity contribution in [3.05, 3.63) is 23.9 Å². The number of hydrogen-bond acceptors (Lipinski definition) is 4. The van der Waals surface area contributed by atoms with E-state index in [2.05, 4.69) is 11.1 Å². The van der Waals surface area contributed by atoms with Crippen LogP contribution in [-0.2, 0) is 4.74 Å². The van der Waals surface area contributed by atoms with E-state index in [4.69, 9.17) is 4.74 Å². The molecule has 0 spiro atoms. The molecule has 2 rings (SSSR count). The minimum atomic E-state index is -0.457. The van der Waals surface area contributed by atoms with E-state index in [0.29, 0.717) is 0 Å². The van der Waals surface area contributed by atoms with Gasteiger partial charge in [-0.05, 0) is 45.9 Å². The Labute approximate surface area is 124 Å². The summed E-state index contributed by atoms with van der Waals surface area (Å²) in [6.07, 6.45) is 5.56. The third-order valence-electron chi connectivity index (χ3n) is 3.23. The van der Waals surface area contributed by atoms with E-state index in [9.17, 15) is 4.79 Å². The maximum absolute atomic E-state index is 12.3. The zero-order valence-electron chi connectivity index (χ0n) is 12.5. The Morgan fingerprint density at radius 2 is 2.25 bits per heavy atom. The first-order chi connectivity index (χ1) is 9.42. The molecule has 1 saturated heterocycles. The van der Waals surface area contributed by atoms with Crippen molar-refractivity contribution in [1.82, 2.24) is 9.88 Å². The van der Waals surface area contributed by atoms with Gasteiger partial charge in [-0.15, -0.1) is 11.8 Å². The van der Waals surface area contributed by atoms with Crippen molar-refractivity contribution in [2.45, 2.75) is 50.3 Å². The Hall–Kier alpha value is -1.23. The molecule has 4 nitrogen and oxygen atoms in total. The van der Waals surface area contributed by atoms with Crippen molar-refractivity contribution in [2.24, 2.45) is 0 Å². The van der Waals surface area contributed by atoms with Gasteiger partial charge in [-0.2, -0.15) is 0 Å². The molecule has 1 aromatic heterocycles. The molecule has 1 aromatic rings. The van der Waals surface area contributed by atoms with Crippen LogP contribution in [0.1, 0.15) is 45.2 Å². The van der Waals surface area contributed by atoms with Crippen LogP contribution in [0.4, 0.5) is 4.79 Å². The molecular formula is C15H22N2O2S. The average Bonchev–Trinajstić information content (AvgIpc) is 2.85. The van der Waals surface area contributed by atoms with Crippen LogP contribution in [0.2, 0.25) is 0 Å². The van der Waals surface area contributed by atoms with Crippen LogP contribution in [-0.4, -0.2) is 34.4 Å². The number of aromatic nitrogens is 1. The molecule has 1 aliphatic rings. The number of ether oxygens (including phenoxy) is 1. The number of thioether (sulfide) groups is 1. The summed E-state index contributed by atoms with van der Waals surface area (Å²) in [5.74, 6) is 0. The number of rotatable bonds is 2. The van der Waals surface area contributed by atoms with Crippen LogP contribution >= 0.6 is 11.8 Å². The molecule has 20 heavy (non-hydrogen) atoms. The van der Waals surface area contributed by atoms with Crippen molar-refractivity contribution in [1.29, 1.82) is 0 Å². The molecule has 0 radical (unpaired) electrons. The van der Waals surface area contributed by atoms with E-state index in [-0.39, 0.29) is 12.1 Å². The van der Waals surface area contributed by atoms with Gasteiger partial charge >= 0.3 is 6.09 Å². The first kappa shape index (κ1) is 15.2. The van der Waals surface area contributed by atoms with Gasteiger partial charge in [0.1, 0.15) is 10.6 Å². The van der Waals surface area contributed by atoms with Crippen LogP contribution in [0, 0.1) is 0 Å². The monoisotopic (exact) mass is 294 g/mol. The quantitative estimate of drug-likeness (QED) is 0.776. The molecule has 0 aliphatic carbocycles. The average molecular weight is 294 g/mol. The van der Waals surface area contributed by atoms with Crippen molar-refractivity contribution >= 4 is 17.9 Å². The van der Waals surface area contributed by atoms with Crippen molar-refractivity contribution < 1.29 is 9.53 Å². The number of carbonyl (C=O) groups excluding carboxylic acids is 1. The zero-order valence-corrected chi connectivity index (χ0v) is 13.4. The van der Waals surface area contributed by atoms with Crippen molar-refractivity contribution in [2.75, 3.05) is 12.8 Å². The van der Waals surface area contributed by atoms with Gasteiger partial charge in [0.05, 0.1) is 6.04 Å². The van der Waals surface area contributed by atoms with Crippen LogP contribution in [0.3, 0.4) is 0 Å². The summed E-state index contributed by atoms with van der Waals surface area (Å²) in [4.78, 5) is 18.6. The smallest absolute Gasteiger partial charge is 0.410 e. The van der Waals surface area contributed by atoms with Gasteiger partial charge in [-0.25, -0.2) is 9.78 Å². The van der Waals surface area contributed by atoms with Crippen LogP contribution in [0.5, 0.6) is 0 Å². The maximum Gasteiger partial charge on any atom is 0.410 e. The minimum absolute atomic E-state index is 0.0843. The molecule has 2 heterocycles. The van der Waals surface area contributed by atoms with Crippen molar-refractivity contribution in [3.63, 3.8) is 0 Å². The molecule has 1 aliphatic heterocycles. The van der Waals surface area contributed by atoms with Gasteiger partial charge in [0.25, 0.3) is 0 Å². The van der Waals surface area contributed by atoms with Gasteiger partial charge in [0.2, 0.25) is 0 Å². The topological polar surface area (TPSA) is 42.4 Å². The standard InChI is InChI=1S/C15H22N2O2S/c1-15(2,3)19-14(18)17-10-6-8-12(17)11-7-5-9-16-13(11)20-4/h5,7,9,12H,6,8,10H2,1-4H3/t12-/m0/s1. The molecular weight excluding hydrogens is 272 g/mol. The molecule has 1 amide bonds. The molecule has 0 saturated carbocycles. The van der Waals surface area contributed by atoms with E-state index in [0.717, 1.165) is 30.0 Å². The highest BCUT2D eigenvalue weighted by molar-refractivity contribution is 7.98. The summed E-state index contributed by atoms with van der Waals surface area (Å²) in [5, 5.41) is 0.993. The predicted octanol–water partition coefficient (Wildman–Crippen LogP) is 3.88. The molecule has 1 fully saturated rings. The second kappa shape index (κ2) is 6.04. The number of carbonyl (C=O) groups is 1. The first-order valence-corrected chi connectivity index (χ1v) is 8.13. The predicted molar refractivity (Wildman–Crippen MR) is 80.9 cm³/mol. The fraction of sp³-hybridized carbons (Fsp3) is 0.600. The van der Waals surface area contributed by atoms with Crippen LogP contribution in [0.15, 0.2) is 23.4 Å². The first-order valence-electron chi connectivity index (χ1n) is 6.91. The van der Waals surface area contributed by atoms with Gasteiger partial charge in [0, 0.05) is 18.3 Å². The maximum atomic E-state index is 12.3. The lowest BCUT2D eigenvalue weighted by molar-refractivity contribution is 0.0222. The number of amides is 1. The Kier molecular flexibility index (Phi) is 4.58. The molecule has 0 aromatic carbocycles. The van der Waals surface area contributed by atoms with E-state index in [1.165, 1.54) is 0 Å². The van der Waals surface area contributed by atoms with E-state index >= 15 is 0 Å². The fourth-order valence-corrected chi connectivity index (χ4v) is 3.06. The lowest BCUT2D eigenvalue weighted by atomic mass is 10.1. The number of pyridine rings is 1. The highest BCUT2D eigenvalue weighted by Crippen LogP contribution is 2.36. The van der Waals surface area contributed by atoms with Crippen LogP contribution in [0.25, 0.3) is 0 Å². The Balaban J connectivity index is 2.21. The molecule has 0 bridgehead atoms. The third-order valence-corrected chi connectivity index (χ3v) is 3.96. The Morgan fingerprint density at radius 3 is 2.90 bits per heavy atom. The van der Waals surface area contributed by atoms with E-state index in [1.54, 1.807) is 18.0 Å². The van der Waals surface area contributed by atoms with Gasteiger partial charge < -0.3 is 9.64 Å². The van der Waals surface area contributed by atoms with Gasteiger partial charge in [-0.3, -0.25) is 0 Å².